The summed E-state index contributed by atoms with van der Waals surface area (Å²) in [4.78, 5) is 0. The summed E-state index contributed by atoms with van der Waals surface area (Å²) in [7, 11) is 0. The van der Waals surface area contributed by atoms with Gasteiger partial charge in [-0.05, 0) is 31.2 Å². The first-order valence-electron chi connectivity index (χ1n) is 3.21. The van der Waals surface area contributed by atoms with Gasteiger partial charge in [0.15, 0.2) is 0 Å². The van der Waals surface area contributed by atoms with Crippen LogP contribution in [0.25, 0.3) is 0 Å². The molecule has 62 valence electrons. The number of ether oxygens (including phenoxy) is 1. The zero-order chi connectivity index (χ0) is 7.40. The lowest BCUT2D eigenvalue weighted by molar-refractivity contribution is 0.339. The molecule has 0 aliphatic carbocycles. The molecule has 0 saturated carbocycles. The van der Waals surface area contributed by atoms with Crippen LogP contribution in [0.4, 0.5) is 4.39 Å². The predicted octanol–water partition coefficient (Wildman–Crippen LogP) is 2.39. The second-order valence-corrected chi connectivity index (χ2v) is 1.89. The van der Waals surface area contributed by atoms with Crippen molar-refractivity contribution in [3.8, 4) is 5.75 Å². The highest BCUT2D eigenvalue weighted by atomic mass is 19.1. The van der Waals surface area contributed by atoms with Crippen LogP contribution in [0, 0.1) is 5.82 Å². The van der Waals surface area contributed by atoms with Gasteiger partial charge in [-0.3, -0.25) is 0 Å². The van der Waals surface area contributed by atoms with E-state index in [2.05, 4.69) is 0 Å². The van der Waals surface area contributed by atoms with E-state index in [1.807, 2.05) is 6.92 Å². The average Bonchev–Trinajstić information content (AvgIpc) is 1.95. The predicted molar refractivity (Wildman–Crippen MR) is 42.6 cm³/mol. The minimum absolute atomic E-state index is 0. The van der Waals surface area contributed by atoms with Crippen molar-refractivity contribution in [2.45, 2.75) is 6.92 Å². The normalized spacial score (nSPS) is 8.55. The van der Waals surface area contributed by atoms with E-state index < -0.39 is 0 Å². The second-order valence-electron chi connectivity index (χ2n) is 1.89. The van der Waals surface area contributed by atoms with Gasteiger partial charge >= 0.3 is 0 Å². The Morgan fingerprint density at radius 2 is 1.82 bits per heavy atom. The third kappa shape index (κ3) is 3.00. The van der Waals surface area contributed by atoms with Gasteiger partial charge in [0.25, 0.3) is 0 Å². The van der Waals surface area contributed by atoms with Crippen LogP contribution in [-0.4, -0.2) is 6.61 Å². The summed E-state index contributed by atoms with van der Waals surface area (Å²) in [6, 6.07) is 5.98. The summed E-state index contributed by atoms with van der Waals surface area (Å²) >= 11 is 0. The molecule has 0 fully saturated rings. The molecular weight excluding hydrogens is 145 g/mol. The molecule has 0 aromatic heterocycles. The van der Waals surface area contributed by atoms with E-state index in [0.717, 1.165) is 0 Å². The molecule has 0 unspecified atom stereocenters. The summed E-state index contributed by atoms with van der Waals surface area (Å²) < 4.78 is 17.4. The largest absolute Gasteiger partial charge is 0.494 e. The molecule has 0 amide bonds. The second kappa shape index (κ2) is 4.68. The van der Waals surface area contributed by atoms with Crippen LogP contribution in [0.3, 0.4) is 0 Å². The minimum Gasteiger partial charge on any atom is -0.494 e. The van der Waals surface area contributed by atoms with Gasteiger partial charge in [0, 0.05) is 0 Å². The van der Waals surface area contributed by atoms with Crippen LogP contribution < -0.4 is 10.9 Å². The fourth-order valence-corrected chi connectivity index (χ4v) is 0.697. The van der Waals surface area contributed by atoms with Crippen LogP contribution >= 0.6 is 0 Å². The summed E-state index contributed by atoms with van der Waals surface area (Å²) in [5.41, 5.74) is 0. The van der Waals surface area contributed by atoms with Gasteiger partial charge in [-0.2, -0.15) is 0 Å². The molecule has 11 heavy (non-hydrogen) atoms. The number of halogens is 1. The maximum Gasteiger partial charge on any atom is 0.123 e. The molecule has 0 atom stereocenters. The van der Waals surface area contributed by atoms with E-state index in [4.69, 9.17) is 4.74 Å². The lowest BCUT2D eigenvalue weighted by atomic mass is 10.3. The summed E-state index contributed by atoms with van der Waals surface area (Å²) in [5, 5.41) is 0. The summed E-state index contributed by atoms with van der Waals surface area (Å²) in [6.45, 7) is 2.51. The van der Waals surface area contributed by atoms with Gasteiger partial charge in [0.1, 0.15) is 11.6 Å². The zero-order valence-electron chi connectivity index (χ0n) is 6.51. The van der Waals surface area contributed by atoms with E-state index in [-0.39, 0.29) is 12.0 Å². The summed E-state index contributed by atoms with van der Waals surface area (Å²) in [5.74, 6) is 0.479. The quantitative estimate of drug-likeness (QED) is 0.716. The van der Waals surface area contributed by atoms with E-state index in [0.29, 0.717) is 12.4 Å². The third-order valence-corrected chi connectivity index (χ3v) is 1.12. The van der Waals surface area contributed by atoms with Gasteiger partial charge in [-0.15, -0.1) is 0 Å². The van der Waals surface area contributed by atoms with Crippen LogP contribution in [-0.2, 0) is 0 Å². The Morgan fingerprint density at radius 1 is 1.27 bits per heavy atom. The molecular formula is C8H12FNO. The van der Waals surface area contributed by atoms with E-state index in [1.165, 1.54) is 12.1 Å². The van der Waals surface area contributed by atoms with Crippen molar-refractivity contribution in [1.29, 1.82) is 0 Å². The van der Waals surface area contributed by atoms with Gasteiger partial charge in [-0.25, -0.2) is 4.39 Å². The van der Waals surface area contributed by atoms with Crippen LogP contribution in [0.1, 0.15) is 6.92 Å². The Labute approximate surface area is 65.6 Å². The first-order chi connectivity index (χ1) is 4.83. The van der Waals surface area contributed by atoms with Crippen molar-refractivity contribution in [3.63, 3.8) is 0 Å². The molecule has 0 aliphatic heterocycles. The third-order valence-electron chi connectivity index (χ3n) is 1.12. The molecule has 1 aromatic carbocycles. The Morgan fingerprint density at radius 3 is 2.27 bits per heavy atom. The highest BCUT2D eigenvalue weighted by Crippen LogP contribution is 2.10. The van der Waals surface area contributed by atoms with Crippen molar-refractivity contribution in [1.82, 2.24) is 6.15 Å². The maximum atomic E-state index is 12.3. The van der Waals surface area contributed by atoms with Gasteiger partial charge in [0.05, 0.1) is 6.61 Å². The SMILES string of the molecule is CCOc1ccc(F)cc1.N. The molecule has 0 bridgehead atoms. The highest BCUT2D eigenvalue weighted by Gasteiger charge is 1.90. The smallest absolute Gasteiger partial charge is 0.123 e. The Kier molecular flexibility index (Phi) is 4.22. The Bertz CT molecular complexity index is 198. The van der Waals surface area contributed by atoms with E-state index in [1.54, 1.807) is 12.1 Å². The molecule has 0 spiro atoms. The standard InChI is InChI=1S/C8H9FO.H3N/c1-2-10-8-5-3-7(9)4-6-8;/h3-6H,2H2,1H3;1H3. The fourth-order valence-electron chi connectivity index (χ4n) is 0.697. The molecule has 0 aliphatic rings. The van der Waals surface area contributed by atoms with Crippen LogP contribution in [0.2, 0.25) is 0 Å². The first-order valence-corrected chi connectivity index (χ1v) is 3.21. The Balaban J connectivity index is 0.000001000. The molecule has 0 saturated heterocycles. The molecule has 0 radical (unpaired) electrons. The van der Waals surface area contributed by atoms with Crippen molar-refractivity contribution < 1.29 is 9.13 Å². The topological polar surface area (TPSA) is 44.2 Å². The van der Waals surface area contributed by atoms with Gasteiger partial charge < -0.3 is 10.9 Å². The van der Waals surface area contributed by atoms with E-state index >= 15 is 0 Å². The molecule has 0 heterocycles. The monoisotopic (exact) mass is 157 g/mol. The zero-order valence-corrected chi connectivity index (χ0v) is 6.51. The first kappa shape index (κ1) is 9.91. The number of hydrogen-bond acceptors (Lipinski definition) is 2. The van der Waals surface area contributed by atoms with Crippen molar-refractivity contribution in [3.05, 3.63) is 30.1 Å². The summed E-state index contributed by atoms with van der Waals surface area (Å²) in [6.07, 6.45) is 0. The van der Waals surface area contributed by atoms with Crippen molar-refractivity contribution >= 4 is 0 Å². The maximum absolute atomic E-state index is 12.3. The van der Waals surface area contributed by atoms with Crippen molar-refractivity contribution in [2.24, 2.45) is 0 Å². The minimum atomic E-state index is -0.233. The lowest BCUT2D eigenvalue weighted by Crippen LogP contribution is -1.90. The number of benzene rings is 1. The lowest BCUT2D eigenvalue weighted by Gasteiger charge is -2.00. The van der Waals surface area contributed by atoms with Gasteiger partial charge in [0.2, 0.25) is 0 Å². The number of rotatable bonds is 2. The Hall–Kier alpha value is -1.09. The molecule has 2 nitrogen and oxygen atoms in total. The highest BCUT2D eigenvalue weighted by molar-refractivity contribution is 5.21. The molecule has 1 aromatic rings. The van der Waals surface area contributed by atoms with Gasteiger partial charge in [-0.1, -0.05) is 0 Å². The molecule has 1 rings (SSSR count). The fraction of sp³-hybridized carbons (Fsp3) is 0.250. The average molecular weight is 157 g/mol. The molecule has 3 N–H and O–H groups in total. The number of hydrogen-bond donors (Lipinski definition) is 1. The molecule has 3 heteroatoms. The van der Waals surface area contributed by atoms with E-state index in [9.17, 15) is 4.39 Å². The van der Waals surface area contributed by atoms with Crippen molar-refractivity contribution in [2.75, 3.05) is 6.61 Å². The van der Waals surface area contributed by atoms with Crippen LogP contribution in [0.5, 0.6) is 5.75 Å². The van der Waals surface area contributed by atoms with Crippen LogP contribution in [0.15, 0.2) is 24.3 Å².